The van der Waals surface area contributed by atoms with Gasteiger partial charge in [-0.3, -0.25) is 9.59 Å². The van der Waals surface area contributed by atoms with Crippen molar-refractivity contribution in [1.29, 1.82) is 0 Å². The Balaban J connectivity index is 1.37. The number of unbranched alkanes of at least 4 members (excludes halogenated alkanes) is 1. The van der Waals surface area contributed by atoms with Gasteiger partial charge >= 0.3 is 0 Å². The Labute approximate surface area is 172 Å². The van der Waals surface area contributed by atoms with E-state index in [2.05, 4.69) is 34.1 Å². The van der Waals surface area contributed by atoms with E-state index in [1.54, 1.807) is 11.0 Å². The number of fused-ring (bicyclic) bond motifs is 2. The number of halogens is 1. The zero-order valence-electron chi connectivity index (χ0n) is 15.6. The van der Waals surface area contributed by atoms with Crippen LogP contribution in [-0.4, -0.2) is 24.8 Å². The van der Waals surface area contributed by atoms with Gasteiger partial charge in [-0.15, -0.1) is 0 Å². The van der Waals surface area contributed by atoms with Gasteiger partial charge in [0.15, 0.2) is 0 Å². The molecule has 1 heterocycles. The van der Waals surface area contributed by atoms with Gasteiger partial charge in [0.25, 0.3) is 11.7 Å². The van der Waals surface area contributed by atoms with Gasteiger partial charge in [0.1, 0.15) is 5.75 Å². The van der Waals surface area contributed by atoms with E-state index >= 15 is 0 Å². The van der Waals surface area contributed by atoms with E-state index in [9.17, 15) is 9.59 Å². The van der Waals surface area contributed by atoms with Crippen molar-refractivity contribution in [3.05, 3.63) is 70.2 Å². The van der Waals surface area contributed by atoms with Crippen molar-refractivity contribution in [2.75, 3.05) is 18.1 Å². The number of nitrogens with zero attached hydrogens (tertiary/aromatic N) is 1. The number of Topliss-reactive ketones (excluding diaryl/α,β-unsaturated/α-hetero) is 1. The molecule has 0 aliphatic carbocycles. The topological polar surface area (TPSA) is 46.6 Å². The first kappa shape index (κ1) is 18.7. The fraction of sp³-hybridized carbons (Fsp3) is 0.217. The van der Waals surface area contributed by atoms with Gasteiger partial charge in [-0.1, -0.05) is 36.4 Å². The number of aryl methyl sites for hydroxylation is 1. The number of rotatable bonds is 6. The summed E-state index contributed by atoms with van der Waals surface area (Å²) in [4.78, 5) is 26.2. The van der Waals surface area contributed by atoms with Crippen LogP contribution in [0.3, 0.4) is 0 Å². The summed E-state index contributed by atoms with van der Waals surface area (Å²) in [5.41, 5.74) is 2.14. The van der Waals surface area contributed by atoms with Crippen molar-refractivity contribution >= 4 is 44.1 Å². The van der Waals surface area contributed by atoms with Crippen LogP contribution in [0, 0.1) is 6.92 Å². The molecule has 0 atom stereocenters. The van der Waals surface area contributed by atoms with Crippen molar-refractivity contribution in [3.63, 3.8) is 0 Å². The Morgan fingerprint density at radius 2 is 1.79 bits per heavy atom. The van der Waals surface area contributed by atoms with Gasteiger partial charge in [0, 0.05) is 16.4 Å². The number of ketones is 1. The molecule has 0 radical (unpaired) electrons. The average Bonchev–Trinajstić information content (AvgIpc) is 2.93. The fourth-order valence-corrected chi connectivity index (χ4v) is 4.40. The molecule has 1 amide bonds. The van der Waals surface area contributed by atoms with Crippen LogP contribution >= 0.6 is 15.9 Å². The highest BCUT2D eigenvalue weighted by molar-refractivity contribution is 9.10. The van der Waals surface area contributed by atoms with E-state index in [0.29, 0.717) is 24.4 Å². The molecule has 0 aromatic heterocycles. The summed E-state index contributed by atoms with van der Waals surface area (Å²) >= 11 is 3.50. The summed E-state index contributed by atoms with van der Waals surface area (Å²) in [6.07, 6.45) is 1.55. The summed E-state index contributed by atoms with van der Waals surface area (Å²) < 4.78 is 6.75. The maximum absolute atomic E-state index is 12.4. The first-order valence-electron chi connectivity index (χ1n) is 9.33. The Morgan fingerprint density at radius 3 is 2.64 bits per heavy atom. The van der Waals surface area contributed by atoms with E-state index in [1.165, 1.54) is 0 Å². The molecule has 0 N–H and O–H groups in total. The van der Waals surface area contributed by atoms with Crippen molar-refractivity contribution in [2.24, 2.45) is 0 Å². The number of benzene rings is 3. The first-order valence-corrected chi connectivity index (χ1v) is 10.1. The summed E-state index contributed by atoms with van der Waals surface area (Å²) in [5, 5.41) is 2.25. The number of hydrogen-bond acceptors (Lipinski definition) is 3. The highest BCUT2D eigenvalue weighted by Crippen LogP contribution is 2.37. The highest BCUT2D eigenvalue weighted by Gasteiger charge is 2.37. The number of carbonyl (C=O) groups excluding carboxylic acids is 2. The molecule has 3 aromatic carbocycles. The third kappa shape index (κ3) is 3.42. The Hall–Kier alpha value is -2.66. The van der Waals surface area contributed by atoms with Crippen LogP contribution in [0.5, 0.6) is 5.75 Å². The third-order valence-corrected chi connectivity index (χ3v) is 5.55. The van der Waals surface area contributed by atoms with E-state index < -0.39 is 11.7 Å². The monoisotopic (exact) mass is 437 g/mol. The SMILES string of the molecule is Cc1cc(Br)c2c(c1)C(=O)C(=O)N2CCCCOc1cccc2ccccc12. The molecule has 0 bridgehead atoms. The maximum atomic E-state index is 12.4. The molecule has 142 valence electrons. The standard InChI is InChI=1S/C23H20BrNO3/c1-15-13-18-21(19(24)14-15)25(23(27)22(18)26)11-4-5-12-28-20-10-6-8-16-7-2-3-9-17(16)20/h2-3,6-10,13-14H,4-5,11-12H2,1H3. The number of amides is 1. The minimum absolute atomic E-state index is 0.425. The second-order valence-corrected chi connectivity index (χ2v) is 7.82. The lowest BCUT2D eigenvalue weighted by molar-refractivity contribution is -0.114. The van der Waals surface area contributed by atoms with E-state index in [1.807, 2.05) is 37.3 Å². The lowest BCUT2D eigenvalue weighted by Gasteiger charge is -2.18. The van der Waals surface area contributed by atoms with Gasteiger partial charge < -0.3 is 9.64 Å². The van der Waals surface area contributed by atoms with Gasteiger partial charge in [-0.25, -0.2) is 0 Å². The summed E-state index contributed by atoms with van der Waals surface area (Å²) in [6, 6.07) is 17.9. The van der Waals surface area contributed by atoms with Gasteiger partial charge in [-0.05, 0) is 64.8 Å². The first-order chi connectivity index (χ1) is 13.6. The molecule has 0 saturated carbocycles. The molecule has 0 spiro atoms. The molecule has 1 aliphatic heterocycles. The second-order valence-electron chi connectivity index (χ2n) is 6.96. The minimum Gasteiger partial charge on any atom is -0.493 e. The molecule has 0 fully saturated rings. The van der Waals surface area contributed by atoms with Crippen LogP contribution in [0.4, 0.5) is 5.69 Å². The number of hydrogen-bond donors (Lipinski definition) is 0. The van der Waals surface area contributed by atoms with Crippen molar-refractivity contribution in [1.82, 2.24) is 0 Å². The van der Waals surface area contributed by atoms with Gasteiger partial charge in [0.2, 0.25) is 0 Å². The zero-order chi connectivity index (χ0) is 19.7. The summed E-state index contributed by atoms with van der Waals surface area (Å²) in [6.45, 7) is 2.97. The average molecular weight is 438 g/mol. The predicted molar refractivity (Wildman–Crippen MR) is 114 cm³/mol. The van der Waals surface area contributed by atoms with E-state index in [4.69, 9.17) is 4.74 Å². The smallest absolute Gasteiger partial charge is 0.299 e. The second kappa shape index (κ2) is 7.76. The summed E-state index contributed by atoms with van der Waals surface area (Å²) in [7, 11) is 0. The zero-order valence-corrected chi connectivity index (χ0v) is 17.2. The Morgan fingerprint density at radius 1 is 1.00 bits per heavy atom. The van der Waals surface area contributed by atoms with Crippen molar-refractivity contribution < 1.29 is 14.3 Å². The Kier molecular flexibility index (Phi) is 5.18. The van der Waals surface area contributed by atoms with Gasteiger partial charge in [0.05, 0.1) is 17.9 Å². The molecule has 4 nitrogen and oxygen atoms in total. The molecule has 0 unspecified atom stereocenters. The van der Waals surface area contributed by atoms with Crippen LogP contribution < -0.4 is 9.64 Å². The normalized spacial score (nSPS) is 13.3. The fourth-order valence-electron chi connectivity index (χ4n) is 3.61. The van der Waals surface area contributed by atoms with Crippen LogP contribution in [0.25, 0.3) is 10.8 Å². The van der Waals surface area contributed by atoms with Crippen molar-refractivity contribution in [2.45, 2.75) is 19.8 Å². The predicted octanol–water partition coefficient (Wildman–Crippen LogP) is 5.30. The molecule has 4 rings (SSSR count). The van der Waals surface area contributed by atoms with Crippen LogP contribution in [0.2, 0.25) is 0 Å². The molecule has 28 heavy (non-hydrogen) atoms. The minimum atomic E-state index is -0.448. The molecule has 5 heteroatoms. The third-order valence-electron chi connectivity index (χ3n) is 4.94. The van der Waals surface area contributed by atoms with Crippen molar-refractivity contribution in [3.8, 4) is 5.75 Å². The highest BCUT2D eigenvalue weighted by atomic mass is 79.9. The molecular weight excluding hydrogens is 418 g/mol. The van der Waals surface area contributed by atoms with Gasteiger partial charge in [-0.2, -0.15) is 0 Å². The summed E-state index contributed by atoms with van der Waals surface area (Å²) in [5.74, 6) is -0.00299. The largest absolute Gasteiger partial charge is 0.493 e. The van der Waals surface area contributed by atoms with E-state index in [-0.39, 0.29) is 0 Å². The van der Waals surface area contributed by atoms with Crippen LogP contribution in [-0.2, 0) is 4.79 Å². The molecule has 0 saturated heterocycles. The number of carbonyl (C=O) groups is 2. The lowest BCUT2D eigenvalue weighted by atomic mass is 10.1. The quantitative estimate of drug-likeness (QED) is 0.388. The Bertz CT molecular complexity index is 1070. The van der Waals surface area contributed by atoms with Crippen LogP contribution in [0.15, 0.2) is 59.1 Å². The molecule has 1 aliphatic rings. The number of anilines is 1. The number of ether oxygens (including phenoxy) is 1. The lowest BCUT2D eigenvalue weighted by Crippen LogP contribution is -2.31. The van der Waals surface area contributed by atoms with Crippen LogP contribution in [0.1, 0.15) is 28.8 Å². The molecule has 3 aromatic rings. The van der Waals surface area contributed by atoms with E-state index in [0.717, 1.165) is 39.4 Å². The molecular formula is C23H20BrNO3. The maximum Gasteiger partial charge on any atom is 0.299 e.